The summed E-state index contributed by atoms with van der Waals surface area (Å²) in [7, 11) is 0. The molecule has 3 N–H and O–H groups in total. The number of aryl methyl sites for hydroxylation is 1. The van der Waals surface area contributed by atoms with E-state index < -0.39 is 0 Å². The molecule has 16 bridgehead atoms. The van der Waals surface area contributed by atoms with Crippen molar-refractivity contribution < 1.29 is 4.74 Å². The number of hydrogen-bond donors (Lipinski definition) is 3. The highest BCUT2D eigenvalue weighted by Crippen LogP contribution is 2.42. The molecule has 102 heavy (non-hydrogen) atoms. The Morgan fingerprint density at radius 1 is 0.294 bits per heavy atom. The third-order valence-electron chi connectivity index (χ3n) is 19.6. The minimum atomic E-state index is 0.565. The van der Waals surface area contributed by atoms with Gasteiger partial charge in [0.05, 0.1) is 57.9 Å². The number of nitrogens with zero attached hydrogens (tertiary/aromatic N) is 5. The minimum Gasteiger partial charge on any atom is -0.494 e. The number of H-pyrrole nitrogens is 3. The van der Waals surface area contributed by atoms with Crippen molar-refractivity contribution in [3.05, 3.63) is 388 Å². The van der Waals surface area contributed by atoms with Gasteiger partial charge in [0.2, 0.25) is 0 Å². The molecular formula is C93H68N8O. The lowest BCUT2D eigenvalue weighted by molar-refractivity contribution is 0.304. The third kappa shape index (κ3) is 11.8. The Hall–Kier alpha value is -13.2. The molecule has 8 aromatic carbocycles. The van der Waals surface area contributed by atoms with Crippen LogP contribution in [0.1, 0.15) is 75.5 Å². The fourth-order valence-corrected chi connectivity index (χ4v) is 14.9. The van der Waals surface area contributed by atoms with Gasteiger partial charge in [0, 0.05) is 95.6 Å². The maximum Gasteiger partial charge on any atom is 0.119 e. The number of benzene rings is 8. The number of aliphatic imine (C=N–C) groups is 2. The van der Waals surface area contributed by atoms with Gasteiger partial charge in [0.1, 0.15) is 5.75 Å². The largest absolute Gasteiger partial charge is 0.494 e. The maximum absolute atomic E-state index is 6.65. The van der Waals surface area contributed by atoms with Crippen molar-refractivity contribution in [2.24, 2.45) is 9.98 Å². The van der Waals surface area contributed by atoms with Crippen molar-refractivity contribution in [1.29, 1.82) is 0 Å². The lowest BCUT2D eigenvalue weighted by Crippen LogP contribution is -2.21. The van der Waals surface area contributed by atoms with Crippen LogP contribution in [0.2, 0.25) is 0 Å². The molecule has 486 valence electrons. The zero-order chi connectivity index (χ0) is 67.7. The first-order valence-electron chi connectivity index (χ1n) is 35.0. The topological polar surface area (TPSA) is 112 Å². The molecular weight excluding hydrogens is 1250 g/mol. The van der Waals surface area contributed by atoms with Gasteiger partial charge in [-0.05, 0) is 167 Å². The van der Waals surface area contributed by atoms with Gasteiger partial charge in [-0.15, -0.1) is 0 Å². The molecule has 0 fully saturated rings. The second-order valence-electron chi connectivity index (χ2n) is 26.0. The van der Waals surface area contributed by atoms with Gasteiger partial charge >= 0.3 is 0 Å². The number of unbranched alkanes of at least 4 members (excludes halogenated alkanes) is 2. The van der Waals surface area contributed by atoms with Crippen LogP contribution < -0.4 is 15.4 Å². The zero-order valence-electron chi connectivity index (χ0n) is 55.9. The summed E-state index contributed by atoms with van der Waals surface area (Å²) in [5.41, 5.74) is 29.8. The van der Waals surface area contributed by atoms with E-state index in [1.807, 2.05) is 0 Å². The Labute approximate surface area is 591 Å². The van der Waals surface area contributed by atoms with E-state index in [0.29, 0.717) is 6.61 Å². The summed E-state index contributed by atoms with van der Waals surface area (Å²) in [4.78, 5) is 33.9. The molecule has 0 unspecified atom stereocenters. The lowest BCUT2D eigenvalue weighted by Gasteiger charge is -2.15. The number of hydrogen-bond acceptors (Lipinski definition) is 5. The first-order valence-corrected chi connectivity index (χ1v) is 35.0. The molecule has 0 saturated heterocycles. The molecule has 18 rings (SSSR count). The van der Waals surface area contributed by atoms with Crippen LogP contribution in [0.25, 0.3) is 113 Å². The molecule has 0 amide bonds. The number of ether oxygens (including phenoxy) is 1. The summed E-state index contributed by atoms with van der Waals surface area (Å²) >= 11 is 0. The molecule has 5 aliphatic heterocycles. The van der Waals surface area contributed by atoms with Crippen LogP contribution in [-0.2, 0) is 6.54 Å². The molecule has 13 aromatic rings. The van der Waals surface area contributed by atoms with E-state index in [9.17, 15) is 0 Å². The Bertz CT molecular complexity index is 5950. The van der Waals surface area contributed by atoms with Gasteiger partial charge in [0.15, 0.2) is 0 Å². The molecule has 10 heterocycles. The summed E-state index contributed by atoms with van der Waals surface area (Å²) in [5, 5.41) is 1.95. The molecule has 0 atom stereocenters. The van der Waals surface area contributed by atoms with Crippen LogP contribution in [0, 0.1) is 0 Å². The van der Waals surface area contributed by atoms with Gasteiger partial charge in [-0.3, -0.25) is 0 Å². The van der Waals surface area contributed by atoms with Crippen LogP contribution in [0.4, 0.5) is 0 Å². The van der Waals surface area contributed by atoms with E-state index in [1.54, 1.807) is 0 Å². The standard InChI is InChI=1S/C93H68N8O/c1-9-25-61(26-10-1)86-69-59-85(93(67-37-21-7-22-38-67)84-56-55-81(100-84)91(66-35-19-6-20-36-66)80-50-45-73(95-80)87(62-27-11-2-12-28-62)72-44-43-71(86)94-72)101(60-69)57-23-8-24-58-102-70-41-39-68(40-42-70)92-82-53-51-78(98-82)89(64-31-15-4-16-32-64)76-48-46-74(96-76)88(63-29-13-3-14-30-63)75-47-49-77(97-75)90(65-33-17-5-18-34-65)79-52-54-83(92)99-79/h1-7,9-22,25-56,59-60,95-96,99H,8,23-24,57-58H2. The number of allylic oxidation sites excluding steroid dienone is 4. The fraction of sp³-hybridized carbons (Fsp3) is 0.0538. The quantitative estimate of drug-likeness (QED) is 0.0889. The van der Waals surface area contributed by atoms with Crippen molar-refractivity contribution in [2.75, 3.05) is 6.61 Å². The molecule has 0 radical (unpaired) electrons. The Morgan fingerprint density at radius 3 is 1.07 bits per heavy atom. The molecule has 0 saturated carbocycles. The van der Waals surface area contributed by atoms with E-state index in [1.165, 1.54) is 0 Å². The molecule has 9 nitrogen and oxygen atoms in total. The van der Waals surface area contributed by atoms with Crippen LogP contribution in [0.15, 0.2) is 331 Å². The summed E-state index contributed by atoms with van der Waals surface area (Å²) in [6.45, 7) is 1.33. The van der Waals surface area contributed by atoms with E-state index >= 15 is 0 Å². The van der Waals surface area contributed by atoms with E-state index in [-0.39, 0.29) is 0 Å². The average Bonchev–Trinajstić information content (AvgIpc) is 1.62. The smallest absolute Gasteiger partial charge is 0.119 e. The molecule has 9 heteroatoms. The molecule has 5 aromatic heterocycles. The SMILES string of the molecule is C1=CC2=C(c3ccccc3)c3cc(n(CCCCCOc4ccc(-c5c6nc(c(-c7ccccc7)c7ccc([nH]7)c(-c7ccccc7)c7nc(c(-c8ccccc8)c8ccc5[nH]8)C=C7)C=C6)cc4)c3)C(c3ccccc3)=C3C=CC(=N3)C(c3ccccc3)=c3ccc([nH]3)=C(c3ccccc3)C1=N2. The Balaban J connectivity index is 0.687. The number of fused-ring (bicyclic) bond motifs is 14. The summed E-state index contributed by atoms with van der Waals surface area (Å²) in [6, 6.07) is 98.2. The van der Waals surface area contributed by atoms with Crippen LogP contribution in [0.3, 0.4) is 0 Å². The maximum atomic E-state index is 6.65. The van der Waals surface area contributed by atoms with Crippen molar-refractivity contribution >= 4 is 80.1 Å². The highest BCUT2D eigenvalue weighted by atomic mass is 16.5. The van der Waals surface area contributed by atoms with Gasteiger partial charge < -0.3 is 24.3 Å². The van der Waals surface area contributed by atoms with Crippen LogP contribution >= 0.6 is 0 Å². The van der Waals surface area contributed by atoms with Crippen molar-refractivity contribution in [1.82, 2.24) is 29.5 Å². The molecule has 0 aliphatic carbocycles. The van der Waals surface area contributed by atoms with Crippen molar-refractivity contribution in [3.63, 3.8) is 0 Å². The van der Waals surface area contributed by atoms with E-state index in [2.05, 4.69) is 353 Å². The number of rotatable bonds is 15. The monoisotopic (exact) mass is 1310 g/mol. The predicted molar refractivity (Wildman–Crippen MR) is 420 cm³/mol. The lowest BCUT2D eigenvalue weighted by atomic mass is 9.96. The average molecular weight is 1310 g/mol. The highest BCUT2D eigenvalue weighted by Gasteiger charge is 2.27. The Kier molecular flexibility index (Phi) is 16.1. The van der Waals surface area contributed by atoms with Gasteiger partial charge in [0.25, 0.3) is 0 Å². The number of aromatic amines is 3. The van der Waals surface area contributed by atoms with Crippen LogP contribution in [0.5, 0.6) is 5.75 Å². The van der Waals surface area contributed by atoms with Gasteiger partial charge in [-0.25, -0.2) is 20.0 Å². The molecule has 5 aliphatic rings. The van der Waals surface area contributed by atoms with Crippen molar-refractivity contribution in [3.8, 4) is 50.3 Å². The highest BCUT2D eigenvalue weighted by molar-refractivity contribution is 6.32. The minimum absolute atomic E-state index is 0.565. The second kappa shape index (κ2) is 26.9. The fourth-order valence-electron chi connectivity index (χ4n) is 14.9. The second-order valence-corrected chi connectivity index (χ2v) is 26.0. The van der Waals surface area contributed by atoms with Crippen LogP contribution in [-0.4, -0.2) is 47.5 Å². The molecule has 0 spiro atoms. The Morgan fingerprint density at radius 2 is 0.657 bits per heavy atom. The summed E-state index contributed by atoms with van der Waals surface area (Å²) < 4.78 is 9.10. The summed E-state index contributed by atoms with van der Waals surface area (Å²) in [5.74, 6) is 0.810. The predicted octanol–water partition coefficient (Wildman–Crippen LogP) is 20.4. The zero-order valence-corrected chi connectivity index (χ0v) is 55.9. The third-order valence-corrected chi connectivity index (χ3v) is 19.6. The summed E-state index contributed by atoms with van der Waals surface area (Å²) in [6.07, 6.45) is 22.4. The van der Waals surface area contributed by atoms with E-state index in [0.717, 1.165) is 210 Å². The number of nitrogens with one attached hydrogen (secondary N) is 3. The first-order chi connectivity index (χ1) is 50.6. The van der Waals surface area contributed by atoms with Gasteiger partial charge in [-0.2, -0.15) is 0 Å². The number of aromatic nitrogens is 6. The first kappa shape index (κ1) is 61.1. The van der Waals surface area contributed by atoms with Crippen molar-refractivity contribution in [2.45, 2.75) is 25.8 Å². The van der Waals surface area contributed by atoms with Gasteiger partial charge in [-0.1, -0.05) is 224 Å². The normalized spacial score (nSPS) is 13.7. The van der Waals surface area contributed by atoms with E-state index in [4.69, 9.17) is 24.7 Å².